The highest BCUT2D eigenvalue weighted by atomic mass is 16.2. The van der Waals surface area contributed by atoms with E-state index in [1.165, 1.54) is 5.56 Å². The quantitative estimate of drug-likeness (QED) is 0.856. The van der Waals surface area contributed by atoms with Gasteiger partial charge in [0.1, 0.15) is 0 Å². The first-order valence-electron chi connectivity index (χ1n) is 8.14. The molecular weight excluding hydrogens is 262 g/mol. The first kappa shape index (κ1) is 14.5. The molecule has 2 fully saturated rings. The highest BCUT2D eigenvalue weighted by molar-refractivity contribution is 5.84. The van der Waals surface area contributed by atoms with Gasteiger partial charge < -0.3 is 4.90 Å². The number of carbonyl (C=O) groups excluding carboxylic acids is 1. The number of nitrogens with zero attached hydrogens (tertiary/aromatic N) is 3. The largest absolute Gasteiger partial charge is 0.342 e. The number of likely N-dealkylation sites (tertiary alicyclic amines) is 2. The molecule has 4 heteroatoms. The van der Waals surface area contributed by atoms with Crippen LogP contribution in [-0.2, 0) is 11.3 Å². The molecule has 114 valence electrons. The Hall–Kier alpha value is -1.42. The van der Waals surface area contributed by atoms with Gasteiger partial charge in [0.05, 0.1) is 5.41 Å². The van der Waals surface area contributed by atoms with Gasteiger partial charge in [-0.2, -0.15) is 0 Å². The van der Waals surface area contributed by atoms with Crippen LogP contribution in [-0.4, -0.2) is 46.9 Å². The topological polar surface area (TPSA) is 36.4 Å². The smallest absolute Gasteiger partial charge is 0.228 e. The Morgan fingerprint density at radius 2 is 1.90 bits per heavy atom. The van der Waals surface area contributed by atoms with Crippen molar-refractivity contribution in [1.82, 2.24) is 14.8 Å². The molecule has 0 bridgehead atoms. The molecular formula is C17H25N3O. The van der Waals surface area contributed by atoms with Crippen molar-refractivity contribution in [1.29, 1.82) is 0 Å². The van der Waals surface area contributed by atoms with Gasteiger partial charge in [-0.15, -0.1) is 0 Å². The second-order valence-corrected chi connectivity index (χ2v) is 6.40. The Labute approximate surface area is 127 Å². The molecule has 3 rings (SSSR count). The van der Waals surface area contributed by atoms with Gasteiger partial charge in [-0.1, -0.05) is 0 Å². The van der Waals surface area contributed by atoms with Crippen molar-refractivity contribution in [3.63, 3.8) is 0 Å². The normalized spacial score (nSPS) is 27.3. The predicted molar refractivity (Wildman–Crippen MR) is 82.7 cm³/mol. The molecule has 4 nitrogen and oxygen atoms in total. The SMILES string of the molecule is CCN1CC[C@@]2(CCCN(Cc3ccncc3)CC2)C1=O. The Balaban J connectivity index is 1.63. The lowest BCUT2D eigenvalue weighted by Crippen LogP contribution is -2.35. The molecule has 21 heavy (non-hydrogen) atoms. The lowest BCUT2D eigenvalue weighted by atomic mass is 9.79. The van der Waals surface area contributed by atoms with Crippen molar-refractivity contribution in [2.24, 2.45) is 5.41 Å². The zero-order valence-electron chi connectivity index (χ0n) is 12.9. The number of hydrogen-bond donors (Lipinski definition) is 0. The van der Waals surface area contributed by atoms with Gasteiger partial charge in [-0.3, -0.25) is 14.7 Å². The predicted octanol–water partition coefficient (Wildman–Crippen LogP) is 2.31. The minimum Gasteiger partial charge on any atom is -0.342 e. The molecule has 0 aliphatic carbocycles. The second-order valence-electron chi connectivity index (χ2n) is 6.40. The summed E-state index contributed by atoms with van der Waals surface area (Å²) in [6.07, 6.45) is 7.99. The van der Waals surface area contributed by atoms with E-state index in [0.717, 1.165) is 58.4 Å². The molecule has 1 spiro atoms. The van der Waals surface area contributed by atoms with E-state index in [0.29, 0.717) is 5.91 Å². The zero-order valence-corrected chi connectivity index (χ0v) is 12.9. The van der Waals surface area contributed by atoms with Crippen LogP contribution in [0.5, 0.6) is 0 Å². The molecule has 0 saturated carbocycles. The maximum Gasteiger partial charge on any atom is 0.228 e. The molecule has 0 unspecified atom stereocenters. The van der Waals surface area contributed by atoms with E-state index in [4.69, 9.17) is 0 Å². The maximum absolute atomic E-state index is 12.6. The first-order valence-corrected chi connectivity index (χ1v) is 8.14. The number of rotatable bonds is 3. The Kier molecular flexibility index (Phi) is 4.24. The summed E-state index contributed by atoms with van der Waals surface area (Å²) >= 11 is 0. The van der Waals surface area contributed by atoms with E-state index < -0.39 is 0 Å². The lowest BCUT2D eigenvalue weighted by molar-refractivity contribution is -0.136. The summed E-state index contributed by atoms with van der Waals surface area (Å²) in [6, 6.07) is 4.17. The van der Waals surface area contributed by atoms with E-state index >= 15 is 0 Å². The summed E-state index contributed by atoms with van der Waals surface area (Å²) in [5, 5.41) is 0. The van der Waals surface area contributed by atoms with Crippen molar-refractivity contribution < 1.29 is 4.79 Å². The summed E-state index contributed by atoms with van der Waals surface area (Å²) in [7, 11) is 0. The number of carbonyl (C=O) groups is 1. The van der Waals surface area contributed by atoms with Gasteiger partial charge in [0.2, 0.25) is 5.91 Å². The van der Waals surface area contributed by atoms with Gasteiger partial charge in [-0.25, -0.2) is 0 Å². The average molecular weight is 287 g/mol. The third kappa shape index (κ3) is 2.95. The minimum atomic E-state index is -0.0526. The maximum atomic E-state index is 12.6. The van der Waals surface area contributed by atoms with Crippen LogP contribution in [0.15, 0.2) is 24.5 Å². The average Bonchev–Trinajstić information content (AvgIpc) is 2.69. The highest BCUT2D eigenvalue weighted by Crippen LogP contribution is 2.41. The van der Waals surface area contributed by atoms with Crippen LogP contribution >= 0.6 is 0 Å². The summed E-state index contributed by atoms with van der Waals surface area (Å²) < 4.78 is 0. The van der Waals surface area contributed by atoms with E-state index in [9.17, 15) is 4.79 Å². The van der Waals surface area contributed by atoms with Crippen molar-refractivity contribution in [3.05, 3.63) is 30.1 Å². The van der Waals surface area contributed by atoms with Crippen molar-refractivity contribution in [2.75, 3.05) is 26.2 Å². The third-order valence-corrected chi connectivity index (χ3v) is 5.17. The summed E-state index contributed by atoms with van der Waals surface area (Å²) in [4.78, 5) is 21.2. The molecule has 0 radical (unpaired) electrons. The van der Waals surface area contributed by atoms with E-state index in [-0.39, 0.29) is 5.41 Å². The fraction of sp³-hybridized carbons (Fsp3) is 0.647. The fourth-order valence-corrected chi connectivity index (χ4v) is 3.81. The van der Waals surface area contributed by atoms with Crippen LogP contribution in [0, 0.1) is 5.41 Å². The molecule has 3 heterocycles. The van der Waals surface area contributed by atoms with Crippen LogP contribution in [0.3, 0.4) is 0 Å². The number of amides is 1. The van der Waals surface area contributed by atoms with Crippen molar-refractivity contribution in [3.8, 4) is 0 Å². The van der Waals surface area contributed by atoms with Crippen LogP contribution in [0.4, 0.5) is 0 Å². The number of hydrogen-bond acceptors (Lipinski definition) is 3. The standard InChI is InChI=1S/C17H25N3O/c1-2-20-13-8-17(16(20)21)6-3-11-19(12-7-17)14-15-4-9-18-10-5-15/h4-5,9-10H,2-3,6-8,11-14H2,1H3/t17-/m0/s1. The van der Waals surface area contributed by atoms with Gasteiger partial charge >= 0.3 is 0 Å². The van der Waals surface area contributed by atoms with Gasteiger partial charge in [0.15, 0.2) is 0 Å². The molecule has 0 aromatic carbocycles. The van der Waals surface area contributed by atoms with Crippen LogP contribution in [0.2, 0.25) is 0 Å². The summed E-state index contributed by atoms with van der Waals surface area (Å²) in [6.45, 7) is 7.02. The molecule has 1 atom stereocenters. The van der Waals surface area contributed by atoms with Gasteiger partial charge in [0, 0.05) is 32.0 Å². The van der Waals surface area contributed by atoms with Crippen molar-refractivity contribution in [2.45, 2.75) is 39.2 Å². The summed E-state index contributed by atoms with van der Waals surface area (Å²) in [5.41, 5.74) is 1.26. The van der Waals surface area contributed by atoms with Crippen LogP contribution in [0.25, 0.3) is 0 Å². The van der Waals surface area contributed by atoms with Gasteiger partial charge in [0.25, 0.3) is 0 Å². The van der Waals surface area contributed by atoms with Gasteiger partial charge in [-0.05, 0) is 63.4 Å². The Morgan fingerprint density at radius 3 is 2.62 bits per heavy atom. The lowest BCUT2D eigenvalue weighted by Gasteiger charge is -2.26. The molecule has 1 aromatic rings. The van der Waals surface area contributed by atoms with E-state index in [1.54, 1.807) is 0 Å². The molecule has 2 aliphatic rings. The second kappa shape index (κ2) is 6.14. The zero-order chi connectivity index (χ0) is 14.7. The van der Waals surface area contributed by atoms with E-state index in [1.807, 2.05) is 17.3 Å². The minimum absolute atomic E-state index is 0.0526. The van der Waals surface area contributed by atoms with Crippen LogP contribution < -0.4 is 0 Å². The summed E-state index contributed by atoms with van der Waals surface area (Å²) in [5.74, 6) is 0.413. The molecule has 1 amide bonds. The molecule has 2 saturated heterocycles. The molecule has 2 aliphatic heterocycles. The van der Waals surface area contributed by atoms with Crippen LogP contribution in [0.1, 0.15) is 38.2 Å². The van der Waals surface area contributed by atoms with E-state index in [2.05, 4.69) is 28.9 Å². The fourth-order valence-electron chi connectivity index (χ4n) is 3.81. The Morgan fingerprint density at radius 1 is 1.14 bits per heavy atom. The monoisotopic (exact) mass is 287 g/mol. The number of pyridine rings is 1. The van der Waals surface area contributed by atoms with Crippen molar-refractivity contribution >= 4 is 5.91 Å². The highest BCUT2D eigenvalue weighted by Gasteiger charge is 2.46. The third-order valence-electron chi connectivity index (χ3n) is 5.17. The Bertz CT molecular complexity index is 490. The number of aromatic nitrogens is 1. The molecule has 0 N–H and O–H groups in total. The first-order chi connectivity index (χ1) is 10.2. The molecule has 1 aromatic heterocycles.